The van der Waals surface area contributed by atoms with Crippen LogP contribution in [0, 0.1) is 5.92 Å². The number of fused-ring (bicyclic) bond motifs is 1. The number of rotatable bonds is 1. The van der Waals surface area contributed by atoms with Crippen LogP contribution >= 0.6 is 23.3 Å². The predicted octanol–water partition coefficient (Wildman–Crippen LogP) is 1.30. The van der Waals surface area contributed by atoms with Crippen molar-refractivity contribution in [2.75, 3.05) is 18.0 Å². The van der Waals surface area contributed by atoms with Gasteiger partial charge in [0.2, 0.25) is 5.91 Å². The van der Waals surface area contributed by atoms with Crippen LogP contribution in [0.5, 0.6) is 0 Å². The molecular formula is C10H13ClN4OS. The summed E-state index contributed by atoms with van der Waals surface area (Å²) in [5.41, 5.74) is 0. The van der Waals surface area contributed by atoms with Gasteiger partial charge in [0.25, 0.3) is 0 Å². The number of halogens is 1. The Morgan fingerprint density at radius 3 is 3.06 bits per heavy atom. The molecule has 2 atom stereocenters. The third-order valence-corrected chi connectivity index (χ3v) is 4.43. The summed E-state index contributed by atoms with van der Waals surface area (Å²) in [6, 6.07) is 0.331. The average Bonchev–Trinajstić information content (AvgIpc) is 2.75. The van der Waals surface area contributed by atoms with Crippen molar-refractivity contribution in [3.63, 3.8) is 0 Å². The van der Waals surface area contributed by atoms with E-state index in [4.69, 9.17) is 11.6 Å². The fourth-order valence-corrected chi connectivity index (χ4v) is 3.44. The Morgan fingerprint density at radius 2 is 2.29 bits per heavy atom. The molecule has 1 amide bonds. The van der Waals surface area contributed by atoms with E-state index in [0.717, 1.165) is 43.5 Å². The maximum atomic E-state index is 11.3. The zero-order valence-electron chi connectivity index (χ0n) is 9.23. The first-order chi connectivity index (χ1) is 8.24. The Labute approximate surface area is 108 Å². The third-order valence-electron chi connectivity index (χ3n) is 3.55. The van der Waals surface area contributed by atoms with Crippen LogP contribution in [-0.4, -0.2) is 33.8 Å². The van der Waals surface area contributed by atoms with Crippen LogP contribution in [0.4, 0.5) is 5.82 Å². The van der Waals surface area contributed by atoms with Crippen molar-refractivity contribution in [2.45, 2.75) is 25.3 Å². The number of anilines is 1. The monoisotopic (exact) mass is 272 g/mol. The van der Waals surface area contributed by atoms with Gasteiger partial charge in [-0.1, -0.05) is 11.6 Å². The number of nitrogens with zero attached hydrogens (tertiary/aromatic N) is 3. The van der Waals surface area contributed by atoms with Gasteiger partial charge in [-0.05, 0) is 18.8 Å². The highest BCUT2D eigenvalue weighted by molar-refractivity contribution is 6.99. The minimum absolute atomic E-state index is 0.188. The number of piperidine rings is 2. The largest absolute Gasteiger partial charge is 0.353 e. The number of carbonyl (C=O) groups excluding carboxylic acids is 1. The topological polar surface area (TPSA) is 58.1 Å². The molecular weight excluding hydrogens is 260 g/mol. The summed E-state index contributed by atoms with van der Waals surface area (Å²) in [7, 11) is 0. The molecule has 92 valence electrons. The molecule has 3 rings (SSSR count). The molecule has 0 bridgehead atoms. The molecule has 0 spiro atoms. The number of carbonyl (C=O) groups is 1. The molecule has 2 aliphatic rings. The zero-order chi connectivity index (χ0) is 11.8. The Balaban J connectivity index is 1.72. The van der Waals surface area contributed by atoms with Crippen LogP contribution < -0.4 is 10.2 Å². The number of amides is 1. The lowest BCUT2D eigenvalue weighted by Crippen LogP contribution is -2.54. The number of hydrogen-bond donors (Lipinski definition) is 1. The van der Waals surface area contributed by atoms with Crippen molar-refractivity contribution in [2.24, 2.45) is 5.92 Å². The number of nitrogens with one attached hydrogen (secondary N) is 1. The van der Waals surface area contributed by atoms with Gasteiger partial charge in [0.05, 0.1) is 11.7 Å². The first kappa shape index (κ1) is 11.2. The van der Waals surface area contributed by atoms with E-state index in [-0.39, 0.29) is 5.91 Å². The van der Waals surface area contributed by atoms with Crippen LogP contribution in [0.15, 0.2) is 0 Å². The fraction of sp³-hybridized carbons (Fsp3) is 0.700. The Morgan fingerprint density at radius 1 is 1.41 bits per heavy atom. The van der Waals surface area contributed by atoms with E-state index in [1.807, 2.05) is 0 Å². The molecule has 2 aliphatic heterocycles. The van der Waals surface area contributed by atoms with E-state index < -0.39 is 0 Å². The summed E-state index contributed by atoms with van der Waals surface area (Å²) in [4.78, 5) is 13.5. The van der Waals surface area contributed by atoms with Crippen molar-refractivity contribution < 1.29 is 4.79 Å². The van der Waals surface area contributed by atoms with Crippen molar-refractivity contribution in [3.8, 4) is 0 Å². The number of hydrogen-bond acceptors (Lipinski definition) is 5. The highest BCUT2D eigenvalue weighted by Crippen LogP contribution is 2.31. The normalized spacial score (nSPS) is 28.8. The van der Waals surface area contributed by atoms with Crippen LogP contribution in [-0.2, 0) is 4.79 Å². The molecule has 2 saturated heterocycles. The van der Waals surface area contributed by atoms with E-state index >= 15 is 0 Å². The van der Waals surface area contributed by atoms with E-state index in [1.165, 1.54) is 0 Å². The van der Waals surface area contributed by atoms with Crippen molar-refractivity contribution >= 4 is 35.1 Å². The minimum atomic E-state index is 0.188. The first-order valence-corrected chi connectivity index (χ1v) is 6.87. The van der Waals surface area contributed by atoms with Crippen molar-refractivity contribution in [1.29, 1.82) is 0 Å². The molecule has 1 aromatic heterocycles. The second-order valence-electron chi connectivity index (χ2n) is 4.59. The van der Waals surface area contributed by atoms with Crippen LogP contribution in [0.3, 0.4) is 0 Å². The molecule has 1 N–H and O–H groups in total. The van der Waals surface area contributed by atoms with E-state index in [9.17, 15) is 4.79 Å². The van der Waals surface area contributed by atoms with Crippen molar-refractivity contribution in [1.82, 2.24) is 14.1 Å². The molecule has 1 aromatic rings. The van der Waals surface area contributed by atoms with E-state index in [1.54, 1.807) is 0 Å². The van der Waals surface area contributed by atoms with Gasteiger partial charge in [-0.15, -0.1) is 0 Å². The maximum absolute atomic E-state index is 11.3. The smallest absolute Gasteiger partial charge is 0.220 e. The summed E-state index contributed by atoms with van der Waals surface area (Å²) >= 11 is 7.14. The molecule has 0 aliphatic carbocycles. The highest BCUT2D eigenvalue weighted by Gasteiger charge is 2.34. The summed E-state index contributed by atoms with van der Waals surface area (Å²) in [6.45, 7) is 1.79. The fourth-order valence-electron chi connectivity index (χ4n) is 2.66. The summed E-state index contributed by atoms with van der Waals surface area (Å²) < 4.78 is 8.22. The zero-order valence-corrected chi connectivity index (χ0v) is 10.8. The Kier molecular flexibility index (Phi) is 2.92. The van der Waals surface area contributed by atoms with Crippen LogP contribution in [0.1, 0.15) is 19.3 Å². The Hall–Kier alpha value is -0.880. The highest BCUT2D eigenvalue weighted by atomic mass is 35.5. The van der Waals surface area contributed by atoms with Gasteiger partial charge in [0.1, 0.15) is 0 Å². The predicted molar refractivity (Wildman–Crippen MR) is 66.4 cm³/mol. The molecule has 0 saturated carbocycles. The first-order valence-electron chi connectivity index (χ1n) is 5.76. The van der Waals surface area contributed by atoms with Gasteiger partial charge in [-0.2, -0.15) is 8.75 Å². The van der Waals surface area contributed by atoms with Gasteiger partial charge in [0, 0.05) is 25.6 Å². The summed E-state index contributed by atoms with van der Waals surface area (Å²) in [6.07, 6.45) is 2.56. The number of aromatic nitrogens is 2. The Bertz CT molecular complexity index is 438. The third kappa shape index (κ3) is 2.11. The molecule has 0 aromatic carbocycles. The van der Waals surface area contributed by atoms with Crippen molar-refractivity contribution in [3.05, 3.63) is 5.15 Å². The van der Waals surface area contributed by atoms with Gasteiger partial charge < -0.3 is 10.2 Å². The molecule has 0 radical (unpaired) electrons. The second kappa shape index (κ2) is 4.42. The van der Waals surface area contributed by atoms with Gasteiger partial charge in [-0.25, -0.2) is 0 Å². The summed E-state index contributed by atoms with van der Waals surface area (Å²) in [5.74, 6) is 1.50. The van der Waals surface area contributed by atoms with E-state index in [0.29, 0.717) is 23.5 Å². The van der Waals surface area contributed by atoms with Gasteiger partial charge in [0.15, 0.2) is 11.0 Å². The van der Waals surface area contributed by atoms with E-state index in [2.05, 4.69) is 19.0 Å². The second-order valence-corrected chi connectivity index (χ2v) is 5.47. The lowest BCUT2D eigenvalue weighted by atomic mass is 9.85. The molecule has 2 unspecified atom stereocenters. The quantitative estimate of drug-likeness (QED) is 0.837. The molecule has 3 heterocycles. The molecule has 2 fully saturated rings. The van der Waals surface area contributed by atoms with Gasteiger partial charge in [-0.3, -0.25) is 4.79 Å². The van der Waals surface area contributed by atoms with Crippen LogP contribution in [0.2, 0.25) is 5.15 Å². The SMILES string of the molecule is O=C1CCC2CN(c3nsnc3Cl)CCC2N1. The lowest BCUT2D eigenvalue weighted by molar-refractivity contribution is -0.124. The van der Waals surface area contributed by atoms with Gasteiger partial charge >= 0.3 is 0 Å². The molecule has 7 heteroatoms. The summed E-state index contributed by atoms with van der Waals surface area (Å²) in [5, 5.41) is 3.56. The standard InChI is InChI=1S/C10H13ClN4OS/c11-9-10(14-17-13-9)15-4-3-7-6(5-15)1-2-8(16)12-7/h6-7H,1-5H2,(H,12,16). The molecule has 17 heavy (non-hydrogen) atoms. The van der Waals surface area contributed by atoms with Crippen LogP contribution in [0.25, 0.3) is 0 Å². The average molecular weight is 273 g/mol. The lowest BCUT2D eigenvalue weighted by Gasteiger charge is -2.41. The minimum Gasteiger partial charge on any atom is -0.353 e. The maximum Gasteiger partial charge on any atom is 0.220 e. The molecule has 5 nitrogen and oxygen atoms in total.